The third-order valence-electron chi connectivity index (χ3n) is 5.23. The Balaban J connectivity index is 1.79. The molecule has 3 aromatic rings. The minimum Gasteiger partial charge on any atom is -0.464 e. The van der Waals surface area contributed by atoms with Crippen LogP contribution in [0.2, 0.25) is 5.02 Å². The zero-order chi connectivity index (χ0) is 27.4. The lowest BCUT2D eigenvalue weighted by atomic mass is 10.2. The topological polar surface area (TPSA) is 120 Å². The monoisotopic (exact) mass is 558 g/mol. The van der Waals surface area contributed by atoms with E-state index in [2.05, 4.69) is 10.6 Å². The van der Waals surface area contributed by atoms with Gasteiger partial charge < -0.3 is 24.6 Å². The fourth-order valence-electron chi connectivity index (χ4n) is 3.43. The summed E-state index contributed by atoms with van der Waals surface area (Å²) in [6.07, 6.45) is -0.792. The van der Waals surface area contributed by atoms with Crippen LogP contribution in [0, 0.1) is 0 Å². The highest BCUT2D eigenvalue weighted by Crippen LogP contribution is 2.57. The van der Waals surface area contributed by atoms with E-state index in [4.69, 9.17) is 25.6 Å². The van der Waals surface area contributed by atoms with Crippen molar-refractivity contribution < 1.29 is 32.9 Å². The Morgan fingerprint density at radius 2 is 1.53 bits per heavy atom. The first-order valence-corrected chi connectivity index (χ1v) is 13.8. The third kappa shape index (κ3) is 8.45. The molecule has 0 bridgehead atoms. The average molecular weight is 559 g/mol. The molecular formula is C27H28ClN2O7P. The van der Waals surface area contributed by atoms with Crippen LogP contribution in [0.4, 0.5) is 4.79 Å². The summed E-state index contributed by atoms with van der Waals surface area (Å²) in [5.41, 5.74) is 1.26. The summed E-state index contributed by atoms with van der Waals surface area (Å²) in [6.45, 7) is 0.751. The Bertz CT molecular complexity index is 1260. The fraction of sp³-hybridized carbons (Fsp3) is 0.222. The lowest BCUT2D eigenvalue weighted by molar-refractivity contribution is -0.145. The third-order valence-corrected chi connectivity index (χ3v) is 8.11. The standard InChI is InChI=1S/C27H28ClN2O7P/c1-2-35-25(32)19-37-38(34,23-15-13-22(28)14-16-23)26(21-11-7-4-8-12-21)30-24(31)17-29-27(33)36-18-20-9-5-3-6-10-20/h3-16,26H,2,17-19H2,1H3,(H,29,33)(H,30,31). The summed E-state index contributed by atoms with van der Waals surface area (Å²) in [6, 6.07) is 23.7. The average Bonchev–Trinajstić information content (AvgIpc) is 2.94. The molecule has 0 radical (unpaired) electrons. The van der Waals surface area contributed by atoms with Crippen LogP contribution in [0.3, 0.4) is 0 Å². The van der Waals surface area contributed by atoms with Gasteiger partial charge in [-0.15, -0.1) is 0 Å². The summed E-state index contributed by atoms with van der Waals surface area (Å²) >= 11 is 6.02. The van der Waals surface area contributed by atoms with Crippen molar-refractivity contribution in [1.82, 2.24) is 10.6 Å². The molecule has 11 heteroatoms. The number of hydrogen-bond acceptors (Lipinski definition) is 7. The van der Waals surface area contributed by atoms with Crippen molar-refractivity contribution in [2.75, 3.05) is 19.8 Å². The van der Waals surface area contributed by atoms with Gasteiger partial charge in [0, 0.05) is 10.3 Å². The largest absolute Gasteiger partial charge is 0.464 e. The lowest BCUT2D eigenvalue weighted by Crippen LogP contribution is -2.40. The van der Waals surface area contributed by atoms with Gasteiger partial charge in [0.2, 0.25) is 5.91 Å². The van der Waals surface area contributed by atoms with Gasteiger partial charge in [-0.3, -0.25) is 9.36 Å². The molecule has 2 atom stereocenters. The number of ether oxygens (including phenoxy) is 2. The van der Waals surface area contributed by atoms with Crippen LogP contribution < -0.4 is 15.9 Å². The summed E-state index contributed by atoms with van der Waals surface area (Å²) in [5.74, 6) is -2.54. The number of halogens is 1. The van der Waals surface area contributed by atoms with Crippen molar-refractivity contribution in [2.24, 2.45) is 0 Å². The van der Waals surface area contributed by atoms with Crippen molar-refractivity contribution in [3.63, 3.8) is 0 Å². The van der Waals surface area contributed by atoms with Gasteiger partial charge in [0.05, 0.1) is 6.61 Å². The van der Waals surface area contributed by atoms with Crippen molar-refractivity contribution in [3.05, 3.63) is 101 Å². The van der Waals surface area contributed by atoms with Crippen molar-refractivity contribution in [2.45, 2.75) is 19.3 Å². The summed E-state index contributed by atoms with van der Waals surface area (Å²) in [4.78, 5) is 37.1. The van der Waals surface area contributed by atoms with Gasteiger partial charge in [-0.05, 0) is 42.3 Å². The number of carbonyl (C=O) groups is 3. The molecule has 0 aliphatic heterocycles. The van der Waals surface area contributed by atoms with Gasteiger partial charge in [-0.25, -0.2) is 9.59 Å². The van der Waals surface area contributed by atoms with E-state index in [1.807, 2.05) is 18.2 Å². The number of nitrogens with one attached hydrogen (secondary N) is 2. The molecular weight excluding hydrogens is 531 g/mol. The van der Waals surface area contributed by atoms with E-state index in [-0.39, 0.29) is 18.5 Å². The summed E-state index contributed by atoms with van der Waals surface area (Å²) in [5, 5.41) is 5.71. The van der Waals surface area contributed by atoms with Crippen LogP contribution in [0.25, 0.3) is 0 Å². The Hall–Kier alpha value is -3.65. The molecule has 0 aliphatic carbocycles. The second kappa shape index (κ2) is 14.3. The van der Waals surface area contributed by atoms with Crippen molar-refractivity contribution >= 4 is 42.2 Å². The molecule has 3 rings (SSSR count). The van der Waals surface area contributed by atoms with Crippen LogP contribution in [0.15, 0.2) is 84.9 Å². The molecule has 2 N–H and O–H groups in total. The van der Waals surface area contributed by atoms with E-state index >= 15 is 0 Å². The second-order valence-corrected chi connectivity index (χ2v) is 10.9. The molecule has 0 fully saturated rings. The van der Waals surface area contributed by atoms with E-state index < -0.39 is 44.3 Å². The summed E-state index contributed by atoms with van der Waals surface area (Å²) < 4.78 is 30.2. The maximum Gasteiger partial charge on any atom is 0.407 e. The molecule has 0 aromatic heterocycles. The normalized spacial score (nSPS) is 13.0. The zero-order valence-electron chi connectivity index (χ0n) is 20.7. The zero-order valence-corrected chi connectivity index (χ0v) is 22.3. The molecule has 0 saturated carbocycles. The first-order valence-electron chi connectivity index (χ1n) is 11.8. The van der Waals surface area contributed by atoms with Gasteiger partial charge in [0.1, 0.15) is 18.9 Å². The fourth-order valence-corrected chi connectivity index (χ4v) is 5.89. The number of alkyl carbamates (subject to hydrolysis) is 1. The van der Waals surface area contributed by atoms with Gasteiger partial charge in [-0.2, -0.15) is 0 Å². The van der Waals surface area contributed by atoms with E-state index in [0.717, 1.165) is 5.56 Å². The highest BCUT2D eigenvalue weighted by atomic mass is 35.5. The maximum atomic E-state index is 14.5. The Morgan fingerprint density at radius 3 is 2.16 bits per heavy atom. The smallest absolute Gasteiger partial charge is 0.407 e. The minimum atomic E-state index is -3.99. The molecule has 0 saturated heterocycles. The Labute approximate surface area is 225 Å². The van der Waals surface area contributed by atoms with Crippen molar-refractivity contribution in [3.8, 4) is 0 Å². The second-order valence-electron chi connectivity index (χ2n) is 7.95. The molecule has 0 spiro atoms. The molecule has 200 valence electrons. The number of benzene rings is 3. The van der Waals surface area contributed by atoms with Crippen molar-refractivity contribution in [1.29, 1.82) is 0 Å². The van der Waals surface area contributed by atoms with Crippen LogP contribution in [0.5, 0.6) is 0 Å². The van der Waals surface area contributed by atoms with Crippen LogP contribution in [-0.4, -0.2) is 37.7 Å². The number of rotatable bonds is 12. The number of carbonyl (C=O) groups excluding carboxylic acids is 3. The Kier molecular flexibility index (Phi) is 10.9. The predicted octanol–water partition coefficient (Wildman–Crippen LogP) is 4.56. The van der Waals surface area contributed by atoms with E-state index in [9.17, 15) is 18.9 Å². The lowest BCUT2D eigenvalue weighted by Gasteiger charge is -2.29. The molecule has 0 heterocycles. The minimum absolute atomic E-state index is 0.0361. The van der Waals surface area contributed by atoms with Gasteiger partial charge in [0.15, 0.2) is 6.61 Å². The Morgan fingerprint density at radius 1 is 0.895 bits per heavy atom. The van der Waals surface area contributed by atoms with Crippen LogP contribution in [0.1, 0.15) is 23.8 Å². The number of esters is 1. The molecule has 38 heavy (non-hydrogen) atoms. The molecule has 0 aliphatic rings. The van der Waals surface area contributed by atoms with Gasteiger partial charge in [-0.1, -0.05) is 72.3 Å². The SMILES string of the molecule is CCOC(=O)COP(=O)(c1ccc(Cl)cc1)C(NC(=O)CNC(=O)OCc1ccccc1)c1ccccc1. The van der Waals surface area contributed by atoms with E-state index in [0.29, 0.717) is 10.6 Å². The molecule has 9 nitrogen and oxygen atoms in total. The van der Waals surface area contributed by atoms with Crippen LogP contribution >= 0.6 is 19.0 Å². The number of hydrogen-bond donors (Lipinski definition) is 2. The predicted molar refractivity (Wildman–Crippen MR) is 143 cm³/mol. The highest BCUT2D eigenvalue weighted by Gasteiger charge is 2.39. The van der Waals surface area contributed by atoms with E-state index in [1.54, 1.807) is 49.4 Å². The quantitative estimate of drug-likeness (QED) is 0.247. The molecule has 2 unspecified atom stereocenters. The van der Waals surface area contributed by atoms with E-state index in [1.165, 1.54) is 24.3 Å². The highest BCUT2D eigenvalue weighted by molar-refractivity contribution is 7.67. The number of amides is 2. The first-order chi connectivity index (χ1) is 18.3. The first kappa shape index (κ1) is 28.9. The van der Waals surface area contributed by atoms with Gasteiger partial charge >= 0.3 is 12.1 Å². The molecule has 2 amide bonds. The van der Waals surface area contributed by atoms with Crippen LogP contribution in [-0.2, 0) is 34.8 Å². The molecule has 3 aromatic carbocycles. The maximum absolute atomic E-state index is 14.5. The van der Waals surface area contributed by atoms with Gasteiger partial charge in [0.25, 0.3) is 7.37 Å². The summed E-state index contributed by atoms with van der Waals surface area (Å²) in [7, 11) is -3.99.